The van der Waals surface area contributed by atoms with Crippen molar-refractivity contribution < 1.29 is 26.3 Å². The molecule has 5 nitrogen and oxygen atoms in total. The molecule has 0 saturated heterocycles. The lowest BCUT2D eigenvalue weighted by atomic mass is 10.1. The molecule has 192 valence electrons. The number of imidazole rings is 2. The molecule has 0 spiro atoms. The first-order valence-corrected chi connectivity index (χ1v) is 11.6. The zero-order valence-corrected chi connectivity index (χ0v) is 20.0. The van der Waals surface area contributed by atoms with E-state index in [4.69, 9.17) is 0 Å². The zero-order valence-electron chi connectivity index (χ0n) is 20.0. The molecule has 0 radical (unpaired) electrons. The largest absolute Gasteiger partial charge is 0.435 e. The standard InChI is InChI=1S/C25H25F6N5/c1-14-9-15(2)20(16(3)10-14)36-22-18(5-4-8-32-22)35-19(21(25(29,30)31)33-23(35)36)12-34(11-17-6-7-17)13-24(26,27)28/h4-5,8-10,17H,6-7,11-13H2,1-3H3. The summed E-state index contributed by atoms with van der Waals surface area (Å²) in [6.45, 7) is 3.89. The minimum atomic E-state index is -4.85. The van der Waals surface area contributed by atoms with Gasteiger partial charge in [0, 0.05) is 19.3 Å². The molecule has 0 atom stereocenters. The fourth-order valence-electron chi connectivity index (χ4n) is 5.09. The molecule has 1 aliphatic rings. The second-order valence-corrected chi connectivity index (χ2v) is 9.70. The summed E-state index contributed by atoms with van der Waals surface area (Å²) in [7, 11) is 0. The average molecular weight is 509 g/mol. The molecule has 11 heteroatoms. The maximum Gasteiger partial charge on any atom is 0.435 e. The molecule has 3 heterocycles. The van der Waals surface area contributed by atoms with Gasteiger partial charge in [-0.1, -0.05) is 17.7 Å². The van der Waals surface area contributed by atoms with Gasteiger partial charge in [-0.3, -0.25) is 13.9 Å². The number of nitrogens with zero attached hydrogens (tertiary/aromatic N) is 5. The highest BCUT2D eigenvalue weighted by Gasteiger charge is 2.41. The van der Waals surface area contributed by atoms with E-state index in [1.165, 1.54) is 10.6 Å². The van der Waals surface area contributed by atoms with E-state index in [0.29, 0.717) is 16.9 Å². The summed E-state index contributed by atoms with van der Waals surface area (Å²) in [5, 5.41) is 0. The summed E-state index contributed by atoms with van der Waals surface area (Å²) in [5.74, 6) is 0.0328. The van der Waals surface area contributed by atoms with E-state index in [0.717, 1.165) is 34.4 Å². The number of hydrogen-bond acceptors (Lipinski definition) is 3. The molecule has 0 amide bonds. The Kier molecular flexibility index (Phi) is 5.81. The summed E-state index contributed by atoms with van der Waals surface area (Å²) in [4.78, 5) is 9.48. The fraction of sp³-hybridized carbons (Fsp3) is 0.440. The molecule has 0 aliphatic heterocycles. The summed E-state index contributed by atoms with van der Waals surface area (Å²) >= 11 is 0. The number of benzene rings is 1. The van der Waals surface area contributed by atoms with E-state index in [2.05, 4.69) is 9.97 Å². The molecule has 0 unspecified atom stereocenters. The highest BCUT2D eigenvalue weighted by molar-refractivity contribution is 5.81. The smallest absolute Gasteiger partial charge is 0.289 e. The van der Waals surface area contributed by atoms with Gasteiger partial charge in [-0.15, -0.1) is 0 Å². The first-order valence-electron chi connectivity index (χ1n) is 11.6. The van der Waals surface area contributed by atoms with Crippen LogP contribution in [-0.2, 0) is 12.7 Å². The minimum Gasteiger partial charge on any atom is -0.289 e. The van der Waals surface area contributed by atoms with Gasteiger partial charge in [0.2, 0.25) is 5.78 Å². The SMILES string of the molecule is Cc1cc(C)c(-n2c3ncccc3n3c(CN(CC4CC4)CC(F)(F)F)c(C(F)(F)F)nc23)c(C)c1. The molecule has 1 fully saturated rings. The number of fused-ring (bicyclic) bond motifs is 3. The minimum absolute atomic E-state index is 0.0283. The van der Waals surface area contributed by atoms with Crippen LogP contribution in [0.15, 0.2) is 30.5 Å². The van der Waals surface area contributed by atoms with Crippen LogP contribution in [0.1, 0.15) is 40.9 Å². The molecule has 4 aromatic rings. The second kappa shape index (κ2) is 8.50. The van der Waals surface area contributed by atoms with Crippen molar-refractivity contribution in [3.63, 3.8) is 0 Å². The van der Waals surface area contributed by atoms with Crippen molar-refractivity contribution >= 4 is 16.9 Å². The number of aromatic nitrogens is 4. The van der Waals surface area contributed by atoms with Crippen molar-refractivity contribution in [3.05, 3.63) is 58.5 Å². The van der Waals surface area contributed by atoms with E-state index in [9.17, 15) is 26.3 Å². The Balaban J connectivity index is 1.78. The van der Waals surface area contributed by atoms with E-state index < -0.39 is 31.1 Å². The molecule has 3 aromatic heterocycles. The van der Waals surface area contributed by atoms with E-state index in [1.807, 2.05) is 32.9 Å². The third-order valence-corrected chi connectivity index (χ3v) is 6.49. The molecular formula is C25H25F6N5. The molecule has 1 aromatic carbocycles. The van der Waals surface area contributed by atoms with Crippen LogP contribution < -0.4 is 0 Å². The number of alkyl halides is 6. The van der Waals surface area contributed by atoms with Gasteiger partial charge in [-0.25, -0.2) is 9.97 Å². The molecule has 0 bridgehead atoms. The topological polar surface area (TPSA) is 38.4 Å². The number of aryl methyl sites for hydroxylation is 3. The zero-order chi connectivity index (χ0) is 26.0. The monoisotopic (exact) mass is 509 g/mol. The number of hydrogen-bond donors (Lipinski definition) is 0. The van der Waals surface area contributed by atoms with Gasteiger partial charge in [0.15, 0.2) is 11.3 Å². The summed E-state index contributed by atoms with van der Waals surface area (Å²) in [5.41, 5.74) is 2.53. The van der Waals surface area contributed by atoms with E-state index in [-0.39, 0.29) is 23.9 Å². The summed E-state index contributed by atoms with van der Waals surface area (Å²) in [6, 6.07) is 7.05. The molecule has 36 heavy (non-hydrogen) atoms. The second-order valence-electron chi connectivity index (χ2n) is 9.70. The predicted molar refractivity (Wildman–Crippen MR) is 123 cm³/mol. The molecule has 1 aliphatic carbocycles. The van der Waals surface area contributed by atoms with Gasteiger partial charge < -0.3 is 0 Å². The van der Waals surface area contributed by atoms with Gasteiger partial charge in [-0.05, 0) is 62.8 Å². The normalized spacial score (nSPS) is 15.1. The van der Waals surface area contributed by atoms with Crippen LogP contribution in [0, 0.1) is 26.7 Å². The van der Waals surface area contributed by atoms with Gasteiger partial charge in [0.25, 0.3) is 0 Å². The number of halogens is 6. The van der Waals surface area contributed by atoms with Crippen LogP contribution >= 0.6 is 0 Å². The van der Waals surface area contributed by atoms with Gasteiger partial charge in [0.1, 0.15) is 0 Å². The number of pyridine rings is 1. The fourth-order valence-corrected chi connectivity index (χ4v) is 5.09. The first kappa shape index (κ1) is 24.6. The van der Waals surface area contributed by atoms with Crippen LogP contribution in [0.4, 0.5) is 26.3 Å². The lowest BCUT2D eigenvalue weighted by molar-refractivity contribution is -0.149. The Morgan fingerprint density at radius 1 is 1.03 bits per heavy atom. The maximum absolute atomic E-state index is 14.2. The van der Waals surface area contributed by atoms with Crippen molar-refractivity contribution in [3.8, 4) is 5.69 Å². The van der Waals surface area contributed by atoms with Crippen molar-refractivity contribution in [1.82, 2.24) is 23.8 Å². The Bertz CT molecular complexity index is 1420. The van der Waals surface area contributed by atoms with Crippen LogP contribution in [0.5, 0.6) is 0 Å². The Hall–Kier alpha value is -3.08. The molecule has 5 rings (SSSR count). The third-order valence-electron chi connectivity index (χ3n) is 6.49. The predicted octanol–water partition coefficient (Wildman–Crippen LogP) is 6.39. The maximum atomic E-state index is 14.2. The van der Waals surface area contributed by atoms with Gasteiger partial charge >= 0.3 is 12.4 Å². The van der Waals surface area contributed by atoms with Crippen LogP contribution in [0.3, 0.4) is 0 Å². The third kappa shape index (κ3) is 4.56. The van der Waals surface area contributed by atoms with Crippen molar-refractivity contribution in [1.29, 1.82) is 0 Å². The van der Waals surface area contributed by atoms with E-state index in [1.54, 1.807) is 16.7 Å². The Labute approximate surface area is 203 Å². The molecular weight excluding hydrogens is 484 g/mol. The quantitative estimate of drug-likeness (QED) is 0.283. The van der Waals surface area contributed by atoms with Crippen molar-refractivity contribution in [2.75, 3.05) is 13.1 Å². The molecule has 1 saturated carbocycles. The first-order chi connectivity index (χ1) is 16.8. The lowest BCUT2D eigenvalue weighted by Gasteiger charge is -2.24. The van der Waals surface area contributed by atoms with Crippen molar-refractivity contribution in [2.24, 2.45) is 5.92 Å². The van der Waals surface area contributed by atoms with Crippen LogP contribution in [0.2, 0.25) is 0 Å². The summed E-state index contributed by atoms with van der Waals surface area (Å²) < 4.78 is 85.7. The van der Waals surface area contributed by atoms with Crippen molar-refractivity contribution in [2.45, 2.75) is 52.5 Å². The average Bonchev–Trinajstić information content (AvgIpc) is 3.38. The number of rotatable bonds is 6. The summed E-state index contributed by atoms with van der Waals surface area (Å²) in [6.07, 6.45) is -6.30. The Morgan fingerprint density at radius 3 is 2.28 bits per heavy atom. The van der Waals surface area contributed by atoms with Crippen LogP contribution in [0.25, 0.3) is 22.6 Å². The van der Waals surface area contributed by atoms with Crippen LogP contribution in [-0.4, -0.2) is 43.1 Å². The van der Waals surface area contributed by atoms with E-state index >= 15 is 0 Å². The lowest BCUT2D eigenvalue weighted by Crippen LogP contribution is -2.36. The highest BCUT2D eigenvalue weighted by Crippen LogP contribution is 2.38. The Morgan fingerprint density at radius 2 is 1.69 bits per heavy atom. The van der Waals surface area contributed by atoms with Gasteiger partial charge in [-0.2, -0.15) is 26.3 Å². The highest BCUT2D eigenvalue weighted by atomic mass is 19.4. The molecule has 0 N–H and O–H groups in total. The van der Waals surface area contributed by atoms with Gasteiger partial charge in [0.05, 0.1) is 23.4 Å².